The van der Waals surface area contributed by atoms with Gasteiger partial charge in [0.25, 0.3) is 0 Å². The number of aromatic nitrogens is 2. The Bertz CT molecular complexity index is 383. The molecule has 2 N–H and O–H groups in total. The third-order valence-electron chi connectivity index (χ3n) is 3.11. The van der Waals surface area contributed by atoms with E-state index in [1.165, 1.54) is 0 Å². The van der Waals surface area contributed by atoms with Gasteiger partial charge >= 0.3 is 0 Å². The monoisotopic (exact) mass is 280 g/mol. The van der Waals surface area contributed by atoms with Crippen LogP contribution in [-0.4, -0.2) is 48.9 Å². The van der Waals surface area contributed by atoms with Crippen LogP contribution >= 0.6 is 0 Å². The molecule has 1 fully saturated rings. The maximum atomic E-state index is 5.82. The molecule has 0 aliphatic carbocycles. The third-order valence-corrected chi connectivity index (χ3v) is 3.11. The van der Waals surface area contributed by atoms with Crippen molar-refractivity contribution in [3.8, 4) is 5.88 Å². The fraction of sp³-hybridized carbons (Fsp3) is 0.714. The van der Waals surface area contributed by atoms with Crippen LogP contribution in [0.1, 0.15) is 26.2 Å². The second-order valence-electron chi connectivity index (χ2n) is 4.84. The van der Waals surface area contributed by atoms with Crippen LogP contribution in [0.2, 0.25) is 0 Å². The van der Waals surface area contributed by atoms with Crippen LogP contribution < -0.4 is 15.4 Å². The Kier molecular flexibility index (Phi) is 6.53. The highest BCUT2D eigenvalue weighted by Gasteiger charge is 2.12. The van der Waals surface area contributed by atoms with E-state index in [4.69, 9.17) is 9.47 Å². The third kappa shape index (κ3) is 5.30. The Morgan fingerprint density at radius 2 is 2.15 bits per heavy atom. The first kappa shape index (κ1) is 15.0. The Hall–Kier alpha value is -1.40. The van der Waals surface area contributed by atoms with Crippen molar-refractivity contribution >= 4 is 5.82 Å². The minimum atomic E-state index is 0.392. The van der Waals surface area contributed by atoms with E-state index in [1.54, 1.807) is 12.4 Å². The molecule has 0 radical (unpaired) electrons. The predicted molar refractivity (Wildman–Crippen MR) is 78.2 cm³/mol. The molecule has 0 saturated carbocycles. The number of nitrogens with zero attached hydrogens (tertiary/aromatic N) is 2. The standard InChI is InChI=1S/C14H24N4O2/c1-2-8-20-14-11-16-10-13(18-14)17-7-9-19-12-3-5-15-6-4-12/h10-12,15H,2-9H2,1H3,(H,17,18). The van der Waals surface area contributed by atoms with Crippen molar-refractivity contribution in [3.05, 3.63) is 12.4 Å². The first-order valence-electron chi connectivity index (χ1n) is 7.39. The Balaban J connectivity index is 1.65. The largest absolute Gasteiger partial charge is 0.477 e. The molecule has 1 aromatic heterocycles. The topological polar surface area (TPSA) is 68.3 Å². The van der Waals surface area contributed by atoms with Crippen molar-refractivity contribution in [3.63, 3.8) is 0 Å². The van der Waals surface area contributed by atoms with Gasteiger partial charge in [0.15, 0.2) is 0 Å². The molecule has 1 aliphatic heterocycles. The molecular weight excluding hydrogens is 256 g/mol. The number of nitrogens with one attached hydrogen (secondary N) is 2. The van der Waals surface area contributed by atoms with E-state index in [1.807, 2.05) is 0 Å². The van der Waals surface area contributed by atoms with Crippen LogP contribution in [-0.2, 0) is 4.74 Å². The number of ether oxygens (including phenoxy) is 2. The molecule has 6 heteroatoms. The summed E-state index contributed by atoms with van der Waals surface area (Å²) in [5.41, 5.74) is 0. The van der Waals surface area contributed by atoms with Crippen LogP contribution in [0.5, 0.6) is 5.88 Å². The van der Waals surface area contributed by atoms with Gasteiger partial charge in [-0.15, -0.1) is 0 Å². The van der Waals surface area contributed by atoms with Gasteiger partial charge in [-0.1, -0.05) is 6.92 Å². The first-order chi connectivity index (χ1) is 9.88. The molecule has 20 heavy (non-hydrogen) atoms. The molecule has 0 unspecified atom stereocenters. The molecule has 0 atom stereocenters. The normalized spacial score (nSPS) is 16.1. The summed E-state index contributed by atoms with van der Waals surface area (Å²) in [7, 11) is 0. The highest BCUT2D eigenvalue weighted by atomic mass is 16.5. The molecule has 0 aromatic carbocycles. The van der Waals surface area contributed by atoms with Crippen LogP contribution in [0.4, 0.5) is 5.82 Å². The molecular formula is C14H24N4O2. The van der Waals surface area contributed by atoms with E-state index in [0.29, 0.717) is 25.2 Å². The minimum Gasteiger partial charge on any atom is -0.477 e. The molecule has 1 aromatic rings. The summed E-state index contributed by atoms with van der Waals surface area (Å²) < 4.78 is 11.3. The van der Waals surface area contributed by atoms with Crippen LogP contribution in [0, 0.1) is 0 Å². The van der Waals surface area contributed by atoms with Gasteiger partial charge in [-0.3, -0.25) is 4.98 Å². The lowest BCUT2D eigenvalue weighted by molar-refractivity contribution is 0.0394. The number of hydrogen-bond donors (Lipinski definition) is 2. The van der Waals surface area contributed by atoms with E-state index in [-0.39, 0.29) is 0 Å². The van der Waals surface area contributed by atoms with Gasteiger partial charge in [0.1, 0.15) is 5.82 Å². The lowest BCUT2D eigenvalue weighted by Gasteiger charge is -2.22. The first-order valence-corrected chi connectivity index (χ1v) is 7.39. The van der Waals surface area contributed by atoms with Crippen molar-refractivity contribution in [2.45, 2.75) is 32.3 Å². The van der Waals surface area contributed by atoms with Crippen molar-refractivity contribution in [1.82, 2.24) is 15.3 Å². The summed E-state index contributed by atoms with van der Waals surface area (Å²) in [5, 5.41) is 6.53. The summed E-state index contributed by atoms with van der Waals surface area (Å²) >= 11 is 0. The Morgan fingerprint density at radius 3 is 2.95 bits per heavy atom. The lowest BCUT2D eigenvalue weighted by atomic mass is 10.1. The smallest absolute Gasteiger partial charge is 0.234 e. The molecule has 1 aliphatic rings. The van der Waals surface area contributed by atoms with Gasteiger partial charge in [-0.05, 0) is 32.4 Å². The molecule has 0 bridgehead atoms. The zero-order valence-corrected chi connectivity index (χ0v) is 12.1. The lowest BCUT2D eigenvalue weighted by Crippen LogP contribution is -2.33. The number of rotatable bonds is 8. The second kappa shape index (κ2) is 8.71. The molecule has 1 saturated heterocycles. The zero-order chi connectivity index (χ0) is 14.0. The van der Waals surface area contributed by atoms with Crippen LogP contribution in [0.3, 0.4) is 0 Å². The fourth-order valence-electron chi connectivity index (χ4n) is 2.08. The summed E-state index contributed by atoms with van der Waals surface area (Å²) in [6, 6.07) is 0. The fourth-order valence-corrected chi connectivity index (χ4v) is 2.08. The SMILES string of the molecule is CCCOc1cncc(NCCOC2CCNCC2)n1. The maximum absolute atomic E-state index is 5.82. The predicted octanol–water partition coefficient (Wildman–Crippen LogP) is 1.45. The molecule has 2 heterocycles. The van der Waals surface area contributed by atoms with E-state index in [9.17, 15) is 0 Å². The number of piperidine rings is 1. The van der Waals surface area contributed by atoms with Crippen molar-refractivity contribution in [1.29, 1.82) is 0 Å². The maximum Gasteiger partial charge on any atom is 0.234 e. The molecule has 2 rings (SSSR count). The zero-order valence-electron chi connectivity index (χ0n) is 12.1. The van der Waals surface area contributed by atoms with E-state index >= 15 is 0 Å². The van der Waals surface area contributed by atoms with Gasteiger partial charge in [0.05, 0.1) is 31.7 Å². The average Bonchev–Trinajstić information content (AvgIpc) is 2.51. The molecule has 6 nitrogen and oxygen atoms in total. The minimum absolute atomic E-state index is 0.392. The van der Waals surface area contributed by atoms with Gasteiger partial charge in [-0.2, -0.15) is 4.98 Å². The quantitative estimate of drug-likeness (QED) is 0.702. The average molecular weight is 280 g/mol. The van der Waals surface area contributed by atoms with Gasteiger partial charge in [0.2, 0.25) is 5.88 Å². The summed E-state index contributed by atoms with van der Waals surface area (Å²) in [4.78, 5) is 8.44. The van der Waals surface area contributed by atoms with Gasteiger partial charge in [0, 0.05) is 6.54 Å². The molecule has 0 amide bonds. The number of anilines is 1. The van der Waals surface area contributed by atoms with Crippen LogP contribution in [0.25, 0.3) is 0 Å². The van der Waals surface area contributed by atoms with Crippen molar-refractivity contribution < 1.29 is 9.47 Å². The summed E-state index contributed by atoms with van der Waals surface area (Å²) in [6.07, 6.45) is 6.88. The summed E-state index contributed by atoms with van der Waals surface area (Å²) in [6.45, 7) is 6.26. The summed E-state index contributed by atoms with van der Waals surface area (Å²) in [5.74, 6) is 1.30. The van der Waals surface area contributed by atoms with Gasteiger partial charge < -0.3 is 20.1 Å². The van der Waals surface area contributed by atoms with Crippen LogP contribution in [0.15, 0.2) is 12.4 Å². The number of hydrogen-bond acceptors (Lipinski definition) is 6. The molecule has 112 valence electrons. The van der Waals surface area contributed by atoms with Crippen molar-refractivity contribution in [2.24, 2.45) is 0 Å². The highest BCUT2D eigenvalue weighted by Crippen LogP contribution is 2.10. The van der Waals surface area contributed by atoms with E-state index < -0.39 is 0 Å². The van der Waals surface area contributed by atoms with E-state index in [2.05, 4.69) is 27.5 Å². The van der Waals surface area contributed by atoms with Gasteiger partial charge in [-0.25, -0.2) is 0 Å². The Labute approximate surface area is 120 Å². The van der Waals surface area contributed by atoms with E-state index in [0.717, 1.165) is 44.7 Å². The molecule has 0 spiro atoms. The Morgan fingerprint density at radius 1 is 1.30 bits per heavy atom. The highest BCUT2D eigenvalue weighted by molar-refractivity contribution is 5.32. The second-order valence-corrected chi connectivity index (χ2v) is 4.84. The van der Waals surface area contributed by atoms with Crippen molar-refractivity contribution in [2.75, 3.05) is 38.2 Å².